The summed E-state index contributed by atoms with van der Waals surface area (Å²) in [7, 11) is -6.72. The van der Waals surface area contributed by atoms with E-state index in [0.717, 1.165) is 23.4 Å². The maximum absolute atomic E-state index is 11.4. The van der Waals surface area contributed by atoms with Gasteiger partial charge in [-0.2, -0.15) is 5.26 Å². The number of nitrogens with one attached hydrogen (secondary N) is 1. The molecule has 2 heterocycles. The third-order valence-corrected chi connectivity index (χ3v) is 6.91. The van der Waals surface area contributed by atoms with Crippen LogP contribution < -0.4 is 14.2 Å². The highest BCUT2D eigenvalue weighted by Crippen LogP contribution is 2.33. The Bertz CT molecular complexity index is 1760. The number of hydrogen-bond donors (Lipinski definition) is 1. The van der Waals surface area contributed by atoms with Gasteiger partial charge in [-0.3, -0.25) is 4.72 Å². The normalized spacial score (nSPS) is 11.7. The summed E-state index contributed by atoms with van der Waals surface area (Å²) < 4.78 is 60.9. The Morgan fingerprint density at radius 3 is 2.58 bits per heavy atom. The molecule has 0 saturated carbocycles. The first kappa shape index (κ1) is 27.2. The van der Waals surface area contributed by atoms with Crippen LogP contribution in [0, 0.1) is 11.3 Å². The number of nitriles is 1. The molecule has 4 rings (SSSR count). The van der Waals surface area contributed by atoms with Crippen LogP contribution in [0.2, 0.25) is 5.02 Å². The van der Waals surface area contributed by atoms with E-state index >= 15 is 0 Å². The highest BCUT2D eigenvalue weighted by atomic mass is 35.5. The van der Waals surface area contributed by atoms with Crippen LogP contribution in [0.5, 0.6) is 11.5 Å². The van der Waals surface area contributed by atoms with Gasteiger partial charge in [0.15, 0.2) is 15.6 Å². The van der Waals surface area contributed by atoms with Crippen molar-refractivity contribution in [2.75, 3.05) is 29.6 Å². The molecule has 0 spiro atoms. The molecule has 0 aliphatic rings. The van der Waals surface area contributed by atoms with Gasteiger partial charge in [-0.1, -0.05) is 11.6 Å². The van der Waals surface area contributed by atoms with Crippen molar-refractivity contribution in [3.63, 3.8) is 0 Å². The molecule has 0 amide bonds. The van der Waals surface area contributed by atoms with Gasteiger partial charge in [0.25, 0.3) is 0 Å². The van der Waals surface area contributed by atoms with Gasteiger partial charge in [-0.25, -0.2) is 26.8 Å². The molecule has 2 aromatic heterocycles. The van der Waals surface area contributed by atoms with Gasteiger partial charge in [0.05, 0.1) is 33.8 Å². The molecule has 0 bridgehead atoms. The highest BCUT2D eigenvalue weighted by molar-refractivity contribution is 7.92. The largest absolute Gasteiger partial charge is 0.490 e. The molecule has 14 heteroatoms. The quantitative estimate of drug-likeness (QED) is 0.300. The molecule has 0 saturated heterocycles. The standard InChI is InChI=1S/C24H22ClN5O6S2/c1-37(31,32)10-9-35-23-17(14-26)11-19(13-21(23)25)30-8-6-16-12-20(3-4-22(16)30)36-15-18-5-7-27-24(28-18)29-38(2,33)34/h3-8,11-13H,9-10,15H2,1-2H3,(H,27,28,29). The molecule has 0 radical (unpaired) electrons. The zero-order valence-electron chi connectivity index (χ0n) is 20.3. The average molecular weight is 576 g/mol. The van der Waals surface area contributed by atoms with Crippen molar-refractivity contribution in [1.82, 2.24) is 14.5 Å². The molecule has 11 nitrogen and oxygen atoms in total. The van der Waals surface area contributed by atoms with Crippen LogP contribution >= 0.6 is 11.6 Å². The van der Waals surface area contributed by atoms with Crippen molar-refractivity contribution in [1.29, 1.82) is 5.26 Å². The second kappa shape index (κ2) is 10.9. The third-order valence-electron chi connectivity index (χ3n) is 5.17. The van der Waals surface area contributed by atoms with E-state index in [1.165, 1.54) is 6.20 Å². The number of sulfonamides is 1. The minimum atomic E-state index is -3.50. The van der Waals surface area contributed by atoms with Gasteiger partial charge in [0.2, 0.25) is 16.0 Å². The average Bonchev–Trinajstić information content (AvgIpc) is 3.25. The molecule has 0 aliphatic heterocycles. The van der Waals surface area contributed by atoms with Gasteiger partial charge < -0.3 is 14.0 Å². The van der Waals surface area contributed by atoms with Gasteiger partial charge in [0.1, 0.15) is 25.0 Å². The molecule has 198 valence electrons. The maximum atomic E-state index is 11.4. The van der Waals surface area contributed by atoms with E-state index in [1.807, 2.05) is 29.0 Å². The van der Waals surface area contributed by atoms with E-state index in [1.54, 1.807) is 24.3 Å². The number of rotatable bonds is 10. The van der Waals surface area contributed by atoms with Gasteiger partial charge >= 0.3 is 0 Å². The summed E-state index contributed by atoms with van der Waals surface area (Å²) in [5, 5.41) is 10.7. The first-order chi connectivity index (χ1) is 17.9. The monoisotopic (exact) mass is 575 g/mol. The van der Waals surface area contributed by atoms with Crippen molar-refractivity contribution in [2.24, 2.45) is 0 Å². The first-order valence-electron chi connectivity index (χ1n) is 11.0. The van der Waals surface area contributed by atoms with Crippen molar-refractivity contribution in [3.8, 4) is 23.3 Å². The molecule has 0 fully saturated rings. The van der Waals surface area contributed by atoms with Crippen molar-refractivity contribution in [2.45, 2.75) is 6.61 Å². The zero-order valence-corrected chi connectivity index (χ0v) is 22.6. The predicted octanol–water partition coefficient (Wildman–Crippen LogP) is 3.32. The number of sulfone groups is 1. The highest BCUT2D eigenvalue weighted by Gasteiger charge is 2.15. The van der Waals surface area contributed by atoms with Crippen LogP contribution in [-0.2, 0) is 26.5 Å². The van der Waals surface area contributed by atoms with Crippen LogP contribution in [0.25, 0.3) is 16.6 Å². The van der Waals surface area contributed by atoms with E-state index in [4.69, 9.17) is 21.1 Å². The lowest BCUT2D eigenvalue weighted by Gasteiger charge is -2.13. The smallest absolute Gasteiger partial charge is 0.236 e. The second-order valence-corrected chi connectivity index (χ2v) is 12.8. The Labute approximate surface area is 224 Å². The van der Waals surface area contributed by atoms with Crippen LogP contribution in [0.3, 0.4) is 0 Å². The molecular weight excluding hydrogens is 554 g/mol. The number of ether oxygens (including phenoxy) is 2. The van der Waals surface area contributed by atoms with E-state index in [0.29, 0.717) is 17.1 Å². The van der Waals surface area contributed by atoms with Crippen molar-refractivity contribution in [3.05, 3.63) is 71.1 Å². The number of fused-ring (bicyclic) bond motifs is 1. The zero-order chi connectivity index (χ0) is 27.5. The van der Waals surface area contributed by atoms with Crippen LogP contribution in [0.4, 0.5) is 5.95 Å². The molecule has 0 aliphatic carbocycles. The Kier molecular flexibility index (Phi) is 7.77. The maximum Gasteiger partial charge on any atom is 0.236 e. The fourth-order valence-electron chi connectivity index (χ4n) is 3.53. The molecule has 0 atom stereocenters. The third kappa shape index (κ3) is 6.91. The number of nitrogens with zero attached hydrogens (tertiary/aromatic N) is 4. The fourth-order valence-corrected chi connectivity index (χ4v) is 4.61. The van der Waals surface area contributed by atoms with Crippen LogP contribution in [-0.4, -0.2) is 56.2 Å². The van der Waals surface area contributed by atoms with E-state index < -0.39 is 19.9 Å². The summed E-state index contributed by atoms with van der Waals surface area (Å²) >= 11 is 6.40. The van der Waals surface area contributed by atoms with E-state index in [-0.39, 0.29) is 41.3 Å². The number of anilines is 1. The fraction of sp³-hybridized carbons (Fsp3) is 0.208. The molecule has 0 unspecified atom stereocenters. The summed E-state index contributed by atoms with van der Waals surface area (Å²) in [5.74, 6) is 0.465. The number of halogens is 1. The van der Waals surface area contributed by atoms with E-state index in [2.05, 4.69) is 20.8 Å². The van der Waals surface area contributed by atoms with Gasteiger partial charge in [-0.15, -0.1) is 0 Å². The minimum absolute atomic E-state index is 0.0386. The van der Waals surface area contributed by atoms with Crippen LogP contribution in [0.1, 0.15) is 11.3 Å². The Balaban J connectivity index is 1.53. The lowest BCUT2D eigenvalue weighted by Crippen LogP contribution is -2.13. The molecule has 1 N–H and O–H groups in total. The van der Waals surface area contributed by atoms with Crippen molar-refractivity contribution >= 4 is 48.3 Å². The second-order valence-electron chi connectivity index (χ2n) is 8.34. The van der Waals surface area contributed by atoms with Crippen LogP contribution in [0.15, 0.2) is 54.9 Å². The lowest BCUT2D eigenvalue weighted by atomic mass is 10.2. The predicted molar refractivity (Wildman–Crippen MR) is 143 cm³/mol. The Morgan fingerprint density at radius 2 is 1.87 bits per heavy atom. The Hall–Kier alpha value is -3.86. The lowest BCUT2D eigenvalue weighted by molar-refractivity contribution is 0.301. The van der Waals surface area contributed by atoms with Gasteiger partial charge in [-0.05, 0) is 42.5 Å². The summed E-state index contributed by atoms with van der Waals surface area (Å²) in [4.78, 5) is 8.01. The summed E-state index contributed by atoms with van der Waals surface area (Å²) in [6, 6.07) is 14.2. The molecular formula is C24H22ClN5O6S2. The first-order valence-corrected chi connectivity index (χ1v) is 15.3. The SMILES string of the molecule is CS(=O)(=O)CCOc1c(Cl)cc(-n2ccc3cc(OCc4ccnc(NS(C)(=O)=O)n4)ccc32)cc1C#N. The van der Waals surface area contributed by atoms with Gasteiger partial charge in [0, 0.05) is 29.7 Å². The summed E-state index contributed by atoms with van der Waals surface area (Å²) in [6.07, 6.45) is 5.37. The van der Waals surface area contributed by atoms with Crippen molar-refractivity contribution < 1.29 is 26.3 Å². The minimum Gasteiger partial charge on any atom is -0.490 e. The number of hydrogen-bond acceptors (Lipinski definition) is 9. The summed E-state index contributed by atoms with van der Waals surface area (Å²) in [6.45, 7) is -0.0263. The number of aromatic nitrogens is 3. The molecule has 38 heavy (non-hydrogen) atoms. The summed E-state index contributed by atoms with van der Waals surface area (Å²) in [5.41, 5.74) is 2.11. The molecule has 2 aromatic carbocycles. The number of benzene rings is 2. The Morgan fingerprint density at radius 1 is 1.08 bits per heavy atom. The topological polar surface area (TPSA) is 153 Å². The van der Waals surface area contributed by atoms with E-state index in [9.17, 15) is 22.1 Å². The molecule has 4 aromatic rings.